The van der Waals surface area contributed by atoms with Crippen molar-refractivity contribution >= 4 is 17.9 Å². The molecule has 1 fully saturated rings. The zero-order chi connectivity index (χ0) is 23.1. The van der Waals surface area contributed by atoms with E-state index in [0.717, 1.165) is 57.4 Å². The molecule has 1 aliphatic rings. The molecular weight excluding hydrogens is 396 g/mol. The number of hydrogen-bond donors (Lipinski definition) is 0. The molecule has 0 N–H and O–H groups in total. The topological polar surface area (TPSA) is 78.9 Å². The van der Waals surface area contributed by atoms with E-state index in [9.17, 15) is 14.4 Å². The quantitative estimate of drug-likeness (QED) is 0.145. The van der Waals surface area contributed by atoms with E-state index in [-0.39, 0.29) is 12.4 Å². The summed E-state index contributed by atoms with van der Waals surface area (Å²) in [7, 11) is 0. The number of hydrogen-bond acceptors (Lipinski definition) is 6. The average molecular weight is 439 g/mol. The van der Waals surface area contributed by atoms with E-state index in [2.05, 4.69) is 27.4 Å². The zero-order valence-corrected chi connectivity index (χ0v) is 19.8. The minimum Gasteiger partial charge on any atom is -0.465 e. The summed E-state index contributed by atoms with van der Waals surface area (Å²) in [5, 5.41) is 0. The highest BCUT2D eigenvalue weighted by Gasteiger charge is 2.49. The zero-order valence-electron chi connectivity index (χ0n) is 19.8. The van der Waals surface area contributed by atoms with Crippen molar-refractivity contribution in [2.75, 3.05) is 13.2 Å². The van der Waals surface area contributed by atoms with Crippen LogP contribution in [0.15, 0.2) is 12.7 Å². The first-order chi connectivity index (χ1) is 14.8. The van der Waals surface area contributed by atoms with Crippen LogP contribution in [0.3, 0.4) is 0 Å². The molecule has 1 saturated carbocycles. The minimum absolute atomic E-state index is 0.103. The number of carbonyl (C=O) groups is 3. The van der Waals surface area contributed by atoms with Crippen LogP contribution in [0.4, 0.5) is 0 Å². The highest BCUT2D eigenvalue weighted by Crippen LogP contribution is 2.37. The summed E-state index contributed by atoms with van der Waals surface area (Å²) in [6.45, 7) is 10.6. The number of carbonyl (C=O) groups excluding carboxylic acids is 3. The lowest BCUT2D eigenvalue weighted by Gasteiger charge is -2.37. The molecule has 0 spiro atoms. The van der Waals surface area contributed by atoms with Crippen molar-refractivity contribution in [3.63, 3.8) is 0 Å². The lowest BCUT2D eigenvalue weighted by molar-refractivity contribution is -0.188. The fourth-order valence-corrected chi connectivity index (χ4v) is 3.94. The Kier molecular flexibility index (Phi) is 13.2. The second kappa shape index (κ2) is 15.0. The molecule has 31 heavy (non-hydrogen) atoms. The molecule has 0 amide bonds. The Morgan fingerprint density at radius 2 is 1.71 bits per heavy atom. The van der Waals surface area contributed by atoms with Crippen molar-refractivity contribution in [2.24, 2.45) is 11.8 Å². The van der Waals surface area contributed by atoms with Gasteiger partial charge in [-0.2, -0.15) is 0 Å². The Hall–Kier alpha value is -1.85. The summed E-state index contributed by atoms with van der Waals surface area (Å²) in [6.07, 6.45) is 10.8. The first kappa shape index (κ1) is 27.2. The van der Waals surface area contributed by atoms with Crippen LogP contribution in [0, 0.1) is 11.8 Å². The predicted octanol–water partition coefficient (Wildman–Crippen LogP) is 5.53. The normalized spacial score (nSPS) is 20.8. The third kappa shape index (κ3) is 10.3. The number of unbranched alkanes of at least 4 members (excludes halogenated alkanes) is 5. The maximum absolute atomic E-state index is 12.9. The van der Waals surface area contributed by atoms with Gasteiger partial charge in [0.1, 0.15) is 0 Å². The second-order valence-electron chi connectivity index (χ2n) is 9.02. The minimum atomic E-state index is -1.44. The third-order valence-electron chi connectivity index (χ3n) is 5.78. The second-order valence-corrected chi connectivity index (χ2v) is 9.02. The van der Waals surface area contributed by atoms with Gasteiger partial charge in [-0.3, -0.25) is 4.79 Å². The lowest BCUT2D eigenvalue weighted by Crippen LogP contribution is -2.49. The Balaban J connectivity index is 2.64. The number of esters is 3. The van der Waals surface area contributed by atoms with Crippen LogP contribution in [-0.2, 0) is 28.6 Å². The van der Waals surface area contributed by atoms with Crippen LogP contribution < -0.4 is 0 Å². The van der Waals surface area contributed by atoms with Crippen LogP contribution in [0.1, 0.15) is 97.8 Å². The van der Waals surface area contributed by atoms with Gasteiger partial charge in [-0.05, 0) is 44.4 Å². The summed E-state index contributed by atoms with van der Waals surface area (Å²) in [6, 6.07) is 0. The van der Waals surface area contributed by atoms with Gasteiger partial charge in [-0.1, -0.05) is 59.5 Å². The molecule has 0 aromatic rings. The highest BCUT2D eigenvalue weighted by atomic mass is 16.6. The van der Waals surface area contributed by atoms with Crippen LogP contribution in [0.5, 0.6) is 0 Å². The van der Waals surface area contributed by atoms with Crippen molar-refractivity contribution in [3.05, 3.63) is 12.7 Å². The van der Waals surface area contributed by atoms with Gasteiger partial charge in [0.25, 0.3) is 0 Å². The molecule has 1 aliphatic carbocycles. The molecule has 0 aliphatic heterocycles. The van der Waals surface area contributed by atoms with Gasteiger partial charge in [0.05, 0.1) is 19.1 Å². The summed E-state index contributed by atoms with van der Waals surface area (Å²) in [5.74, 6) is -1.41. The van der Waals surface area contributed by atoms with Crippen molar-refractivity contribution in [1.29, 1.82) is 0 Å². The van der Waals surface area contributed by atoms with Gasteiger partial charge in [-0.15, -0.1) is 0 Å². The lowest BCUT2D eigenvalue weighted by atomic mass is 9.77. The van der Waals surface area contributed by atoms with Gasteiger partial charge in [0.2, 0.25) is 5.60 Å². The summed E-state index contributed by atoms with van der Waals surface area (Å²) in [4.78, 5) is 37.4. The summed E-state index contributed by atoms with van der Waals surface area (Å²) in [5.41, 5.74) is -1.44. The molecule has 2 atom stereocenters. The van der Waals surface area contributed by atoms with Crippen LogP contribution in [0.25, 0.3) is 0 Å². The summed E-state index contributed by atoms with van der Waals surface area (Å²) >= 11 is 0. The molecule has 0 aromatic heterocycles. The number of rotatable bonds is 15. The Bertz CT molecular complexity index is 570. The third-order valence-corrected chi connectivity index (χ3v) is 5.78. The molecule has 1 rings (SSSR count). The molecule has 0 aromatic carbocycles. The smallest absolute Gasteiger partial charge is 0.350 e. The SMILES string of the molecule is C=CC(=O)OC1(C(=O)OCCCCCCC)CCCC(C(=O)OCCCCC(C)C)C1. The van der Waals surface area contributed by atoms with E-state index in [1.54, 1.807) is 0 Å². The molecule has 6 heteroatoms. The Labute approximate surface area is 188 Å². The maximum atomic E-state index is 12.9. The van der Waals surface area contributed by atoms with E-state index < -0.39 is 23.5 Å². The molecule has 0 heterocycles. The molecule has 6 nitrogen and oxygen atoms in total. The van der Waals surface area contributed by atoms with E-state index in [0.29, 0.717) is 38.4 Å². The van der Waals surface area contributed by atoms with Crippen LogP contribution >= 0.6 is 0 Å². The van der Waals surface area contributed by atoms with Gasteiger partial charge < -0.3 is 14.2 Å². The standard InChI is InChI=1S/C25H42O6/c1-5-7-8-9-11-18-30-24(28)25(31-22(26)6-2)16-13-15-21(19-25)23(27)29-17-12-10-14-20(3)4/h6,20-21H,2,5,7-19H2,1,3-4H3. The molecule has 0 bridgehead atoms. The monoisotopic (exact) mass is 438 g/mol. The van der Waals surface area contributed by atoms with Gasteiger partial charge in [0, 0.05) is 12.5 Å². The Morgan fingerprint density at radius 1 is 1.03 bits per heavy atom. The molecule has 178 valence electrons. The largest absolute Gasteiger partial charge is 0.465 e. The van der Waals surface area contributed by atoms with Gasteiger partial charge in [0.15, 0.2) is 0 Å². The molecule has 0 saturated heterocycles. The predicted molar refractivity (Wildman–Crippen MR) is 120 cm³/mol. The average Bonchev–Trinajstić information content (AvgIpc) is 2.75. The van der Waals surface area contributed by atoms with E-state index in [1.165, 1.54) is 0 Å². The van der Waals surface area contributed by atoms with Gasteiger partial charge in [-0.25, -0.2) is 9.59 Å². The van der Waals surface area contributed by atoms with E-state index in [4.69, 9.17) is 14.2 Å². The van der Waals surface area contributed by atoms with Crippen molar-refractivity contribution in [3.8, 4) is 0 Å². The fourth-order valence-electron chi connectivity index (χ4n) is 3.94. The van der Waals surface area contributed by atoms with Crippen LogP contribution in [-0.4, -0.2) is 36.7 Å². The van der Waals surface area contributed by atoms with E-state index >= 15 is 0 Å². The maximum Gasteiger partial charge on any atom is 0.350 e. The molecule has 0 radical (unpaired) electrons. The first-order valence-corrected chi connectivity index (χ1v) is 12.0. The van der Waals surface area contributed by atoms with Crippen LogP contribution in [0.2, 0.25) is 0 Å². The Morgan fingerprint density at radius 3 is 2.39 bits per heavy atom. The fraction of sp³-hybridized carbons (Fsp3) is 0.800. The van der Waals surface area contributed by atoms with Crippen molar-refractivity contribution in [2.45, 2.75) is 103 Å². The number of ether oxygens (including phenoxy) is 3. The van der Waals surface area contributed by atoms with Gasteiger partial charge >= 0.3 is 17.9 Å². The molecular formula is C25H42O6. The van der Waals surface area contributed by atoms with E-state index in [1.807, 2.05) is 0 Å². The highest BCUT2D eigenvalue weighted by molar-refractivity contribution is 5.88. The first-order valence-electron chi connectivity index (χ1n) is 12.0. The summed E-state index contributed by atoms with van der Waals surface area (Å²) < 4.78 is 16.4. The van der Waals surface area contributed by atoms with Crippen molar-refractivity contribution < 1.29 is 28.6 Å². The van der Waals surface area contributed by atoms with Crippen molar-refractivity contribution in [1.82, 2.24) is 0 Å². The molecule has 2 unspecified atom stereocenters.